The van der Waals surface area contributed by atoms with Crippen molar-refractivity contribution in [3.05, 3.63) is 34.7 Å². The number of aromatic nitrogens is 2. The first kappa shape index (κ1) is 18.2. The molecular formula is C20H32N4O. The Balaban J connectivity index is 1.52. The quantitative estimate of drug-likeness (QED) is 0.839. The van der Waals surface area contributed by atoms with Crippen molar-refractivity contribution in [1.29, 1.82) is 0 Å². The average molecular weight is 345 g/mol. The van der Waals surface area contributed by atoms with Crippen LogP contribution in [0.25, 0.3) is 11.0 Å². The molecule has 2 heterocycles. The predicted octanol–water partition coefficient (Wildman–Crippen LogP) is 3.09. The predicted molar refractivity (Wildman–Crippen MR) is 104 cm³/mol. The number of benzene rings is 1. The van der Waals surface area contributed by atoms with E-state index < -0.39 is 0 Å². The molecule has 1 aliphatic heterocycles. The maximum Gasteiger partial charge on any atom is 0.326 e. The van der Waals surface area contributed by atoms with Gasteiger partial charge in [0.15, 0.2) is 0 Å². The number of likely N-dealkylation sites (tertiary alicyclic amines) is 1. The molecule has 0 aliphatic carbocycles. The number of piperidine rings is 1. The molecule has 1 N–H and O–H groups in total. The number of H-pyrrole nitrogens is 1. The van der Waals surface area contributed by atoms with Crippen molar-refractivity contribution in [3.63, 3.8) is 0 Å². The molecule has 1 aliphatic rings. The molecule has 1 unspecified atom stereocenters. The first-order valence-corrected chi connectivity index (χ1v) is 9.72. The molecule has 0 amide bonds. The third-order valence-electron chi connectivity index (χ3n) is 5.87. The van der Waals surface area contributed by atoms with E-state index in [2.05, 4.69) is 35.7 Å². The third-order valence-corrected chi connectivity index (χ3v) is 5.87. The number of nitrogens with zero attached hydrogens (tertiary/aromatic N) is 3. The van der Waals surface area contributed by atoms with Crippen LogP contribution in [-0.4, -0.2) is 58.6 Å². The Labute approximate surface area is 150 Å². The van der Waals surface area contributed by atoms with Gasteiger partial charge in [-0.1, -0.05) is 19.1 Å². The first-order valence-electron chi connectivity index (χ1n) is 9.72. The summed E-state index contributed by atoms with van der Waals surface area (Å²) in [5.74, 6) is 0. The molecule has 2 aromatic rings. The van der Waals surface area contributed by atoms with Crippen molar-refractivity contribution in [1.82, 2.24) is 19.4 Å². The Morgan fingerprint density at radius 1 is 1.28 bits per heavy atom. The van der Waals surface area contributed by atoms with Crippen LogP contribution in [0.4, 0.5) is 0 Å². The molecule has 1 saturated heterocycles. The highest BCUT2D eigenvalue weighted by molar-refractivity contribution is 5.75. The lowest BCUT2D eigenvalue weighted by molar-refractivity contribution is 0.170. The van der Waals surface area contributed by atoms with E-state index in [1.165, 1.54) is 12.8 Å². The molecule has 1 fully saturated rings. The van der Waals surface area contributed by atoms with Crippen LogP contribution in [0, 0.1) is 0 Å². The molecule has 1 atom stereocenters. The summed E-state index contributed by atoms with van der Waals surface area (Å²) in [5.41, 5.74) is 2.03. The molecule has 0 bridgehead atoms. The second-order valence-corrected chi connectivity index (χ2v) is 7.48. The Morgan fingerprint density at radius 3 is 2.72 bits per heavy atom. The van der Waals surface area contributed by atoms with Gasteiger partial charge in [-0.3, -0.25) is 4.57 Å². The summed E-state index contributed by atoms with van der Waals surface area (Å²) in [6, 6.07) is 9.00. The van der Waals surface area contributed by atoms with E-state index in [4.69, 9.17) is 0 Å². The van der Waals surface area contributed by atoms with E-state index in [1.54, 1.807) is 0 Å². The van der Waals surface area contributed by atoms with Crippen molar-refractivity contribution < 1.29 is 0 Å². The first-order chi connectivity index (χ1) is 12.1. The molecule has 5 nitrogen and oxygen atoms in total. The van der Waals surface area contributed by atoms with Gasteiger partial charge in [0.1, 0.15) is 0 Å². The van der Waals surface area contributed by atoms with E-state index in [9.17, 15) is 4.79 Å². The van der Waals surface area contributed by atoms with Crippen LogP contribution in [-0.2, 0) is 0 Å². The number of rotatable bonds is 7. The van der Waals surface area contributed by atoms with Crippen LogP contribution in [0.3, 0.4) is 0 Å². The fourth-order valence-electron chi connectivity index (χ4n) is 3.91. The number of hydrogen-bond donors (Lipinski definition) is 1. The molecule has 0 saturated carbocycles. The van der Waals surface area contributed by atoms with E-state index in [1.807, 2.05) is 28.8 Å². The SMILES string of the molecule is CCC(C)N(C)CCCN1CCC(n2c(=O)[nH]c3ccccc32)CC1. The Hall–Kier alpha value is -1.59. The number of aromatic amines is 1. The third kappa shape index (κ3) is 4.15. The molecule has 3 rings (SSSR count). The lowest BCUT2D eigenvalue weighted by atomic mass is 10.0. The van der Waals surface area contributed by atoms with Gasteiger partial charge < -0.3 is 14.8 Å². The fraction of sp³-hybridized carbons (Fsp3) is 0.650. The van der Waals surface area contributed by atoms with E-state index in [-0.39, 0.29) is 5.69 Å². The van der Waals surface area contributed by atoms with Gasteiger partial charge in [0, 0.05) is 25.2 Å². The van der Waals surface area contributed by atoms with Crippen molar-refractivity contribution in [2.24, 2.45) is 0 Å². The zero-order valence-electron chi connectivity index (χ0n) is 15.9. The van der Waals surface area contributed by atoms with Gasteiger partial charge in [0.05, 0.1) is 11.0 Å². The molecule has 1 aromatic carbocycles. The monoisotopic (exact) mass is 344 g/mol. The van der Waals surface area contributed by atoms with Crippen LogP contribution < -0.4 is 5.69 Å². The maximum absolute atomic E-state index is 12.3. The van der Waals surface area contributed by atoms with Crippen LogP contribution in [0.15, 0.2) is 29.1 Å². The molecule has 0 radical (unpaired) electrons. The fourth-order valence-corrected chi connectivity index (χ4v) is 3.91. The van der Waals surface area contributed by atoms with Crippen molar-refractivity contribution in [3.8, 4) is 0 Å². The summed E-state index contributed by atoms with van der Waals surface area (Å²) < 4.78 is 1.98. The van der Waals surface area contributed by atoms with Gasteiger partial charge in [-0.2, -0.15) is 0 Å². The van der Waals surface area contributed by atoms with Crippen LogP contribution >= 0.6 is 0 Å². The Bertz CT molecular complexity index is 727. The van der Waals surface area contributed by atoms with Gasteiger partial charge in [0.2, 0.25) is 0 Å². The zero-order chi connectivity index (χ0) is 17.8. The second kappa shape index (κ2) is 8.19. The molecular weight excluding hydrogens is 312 g/mol. The van der Waals surface area contributed by atoms with Gasteiger partial charge in [-0.25, -0.2) is 4.79 Å². The number of hydrogen-bond acceptors (Lipinski definition) is 3. The molecule has 5 heteroatoms. The van der Waals surface area contributed by atoms with E-state index in [0.717, 1.165) is 50.1 Å². The summed E-state index contributed by atoms with van der Waals surface area (Å²) in [4.78, 5) is 20.3. The summed E-state index contributed by atoms with van der Waals surface area (Å²) in [5, 5.41) is 0. The van der Waals surface area contributed by atoms with Crippen LogP contribution in [0.1, 0.15) is 45.6 Å². The smallest absolute Gasteiger partial charge is 0.306 e. The zero-order valence-corrected chi connectivity index (χ0v) is 15.9. The summed E-state index contributed by atoms with van der Waals surface area (Å²) in [6.07, 6.45) is 4.55. The highest BCUT2D eigenvalue weighted by atomic mass is 16.1. The maximum atomic E-state index is 12.3. The van der Waals surface area contributed by atoms with Crippen LogP contribution in [0.2, 0.25) is 0 Å². The number of nitrogens with one attached hydrogen (secondary N) is 1. The highest BCUT2D eigenvalue weighted by Crippen LogP contribution is 2.24. The van der Waals surface area contributed by atoms with Crippen molar-refractivity contribution >= 4 is 11.0 Å². The van der Waals surface area contributed by atoms with Gasteiger partial charge in [0.25, 0.3) is 0 Å². The minimum Gasteiger partial charge on any atom is -0.306 e. The van der Waals surface area contributed by atoms with Crippen molar-refractivity contribution in [2.75, 3.05) is 33.2 Å². The summed E-state index contributed by atoms with van der Waals surface area (Å²) >= 11 is 0. The number of para-hydroxylation sites is 2. The summed E-state index contributed by atoms with van der Waals surface area (Å²) in [6.45, 7) is 9.05. The van der Waals surface area contributed by atoms with Crippen LogP contribution in [0.5, 0.6) is 0 Å². The topological polar surface area (TPSA) is 44.3 Å². The molecule has 138 valence electrons. The van der Waals surface area contributed by atoms with E-state index in [0.29, 0.717) is 12.1 Å². The molecule has 25 heavy (non-hydrogen) atoms. The molecule has 1 aromatic heterocycles. The van der Waals surface area contributed by atoms with Crippen molar-refractivity contribution in [2.45, 2.75) is 51.6 Å². The minimum absolute atomic E-state index is 0.0369. The van der Waals surface area contributed by atoms with E-state index >= 15 is 0 Å². The lowest BCUT2D eigenvalue weighted by Crippen LogP contribution is -2.38. The molecule has 0 spiro atoms. The van der Waals surface area contributed by atoms with Gasteiger partial charge in [-0.15, -0.1) is 0 Å². The van der Waals surface area contributed by atoms with Gasteiger partial charge in [-0.05, 0) is 64.9 Å². The minimum atomic E-state index is 0.0369. The largest absolute Gasteiger partial charge is 0.326 e. The number of imidazole rings is 1. The number of fused-ring (bicyclic) bond motifs is 1. The average Bonchev–Trinajstić information content (AvgIpc) is 2.97. The Morgan fingerprint density at radius 2 is 2.00 bits per heavy atom. The van der Waals surface area contributed by atoms with Gasteiger partial charge >= 0.3 is 5.69 Å². The second-order valence-electron chi connectivity index (χ2n) is 7.48. The Kier molecular flexibility index (Phi) is 5.97. The standard InChI is InChI=1S/C20H32N4O/c1-4-16(2)22(3)12-7-13-23-14-10-17(11-15-23)24-19-9-6-5-8-18(19)21-20(24)25/h5-6,8-9,16-17H,4,7,10-15H2,1-3H3,(H,21,25). The normalized spacial score (nSPS) is 18.2. The summed E-state index contributed by atoms with van der Waals surface area (Å²) in [7, 11) is 2.23. The lowest BCUT2D eigenvalue weighted by Gasteiger charge is -2.33. The highest BCUT2D eigenvalue weighted by Gasteiger charge is 2.23.